The first kappa shape index (κ1) is 38.6. The summed E-state index contributed by atoms with van der Waals surface area (Å²) in [6.07, 6.45) is 3.49. The molecule has 0 amide bonds. The number of carbonyl (C=O) groups is 2. The molecular formula is C45H54O13. The zero-order valence-corrected chi connectivity index (χ0v) is 33.0. The number of hydrogen-bond donors (Lipinski definition) is 7. The average molecular weight is 803 g/mol. The van der Waals surface area contributed by atoms with E-state index in [9.17, 15) is 45.3 Å². The van der Waals surface area contributed by atoms with E-state index in [4.69, 9.17) is 18.9 Å². The quantitative estimate of drug-likeness (QED) is 0.154. The predicted octanol–water partition coefficient (Wildman–Crippen LogP) is 4.83. The van der Waals surface area contributed by atoms with Crippen molar-refractivity contribution in [3.8, 4) is 17.2 Å². The number of carbonyl (C=O) groups excluding carboxylic acids is 1. The lowest BCUT2D eigenvalue weighted by molar-refractivity contribution is -0.336. The molecule has 3 saturated heterocycles. The van der Waals surface area contributed by atoms with Crippen molar-refractivity contribution in [2.45, 2.75) is 127 Å². The third-order valence-corrected chi connectivity index (χ3v) is 16.1. The summed E-state index contributed by atoms with van der Waals surface area (Å²) in [5.74, 6) is -2.54. The molecule has 312 valence electrons. The van der Waals surface area contributed by atoms with Gasteiger partial charge < -0.3 is 54.7 Å². The smallest absolute Gasteiger partial charge is 0.335 e. The zero-order chi connectivity index (χ0) is 40.6. The first-order chi connectivity index (χ1) is 27.7. The third kappa shape index (κ3) is 5.26. The maximum Gasteiger partial charge on any atom is 0.335 e. The van der Waals surface area contributed by atoms with Crippen LogP contribution in [0.5, 0.6) is 17.2 Å². The van der Waals surface area contributed by atoms with Crippen molar-refractivity contribution in [2.75, 3.05) is 19.8 Å². The van der Waals surface area contributed by atoms with Crippen molar-refractivity contribution in [3.05, 3.63) is 51.6 Å². The number of phenolic OH excluding ortho intramolecular Hbond substituents is 2. The van der Waals surface area contributed by atoms with Crippen molar-refractivity contribution < 1.29 is 64.3 Å². The average Bonchev–Trinajstić information content (AvgIpc) is 3.78. The van der Waals surface area contributed by atoms with Crippen LogP contribution in [-0.4, -0.2) is 110 Å². The van der Waals surface area contributed by atoms with Crippen molar-refractivity contribution in [1.82, 2.24) is 0 Å². The second kappa shape index (κ2) is 13.5. The van der Waals surface area contributed by atoms with E-state index in [-0.39, 0.29) is 81.2 Å². The van der Waals surface area contributed by atoms with E-state index in [1.165, 1.54) is 37.8 Å². The van der Waals surface area contributed by atoms with E-state index in [1.54, 1.807) is 0 Å². The molecule has 12 atom stereocenters. The number of aliphatic hydroxyl groups excluding tert-OH is 4. The normalized spacial score (nSPS) is 39.7. The molecule has 3 saturated carbocycles. The Hall–Kier alpha value is -3.56. The zero-order valence-electron chi connectivity index (χ0n) is 33.0. The number of Topliss-reactive ketones (excluding diaryl/α,β-unsaturated/α-hetero) is 1. The van der Waals surface area contributed by atoms with Crippen LogP contribution >= 0.6 is 0 Å². The number of hydrogen-bond acceptors (Lipinski definition) is 12. The number of fused-ring (bicyclic) bond motifs is 5. The molecule has 10 rings (SSSR count). The number of phenols is 2. The number of allylic oxidation sites excluding steroid dienone is 2. The number of carboxylic acids is 1. The van der Waals surface area contributed by atoms with Gasteiger partial charge in [-0.3, -0.25) is 4.79 Å². The molecule has 2 aromatic carbocycles. The molecule has 4 heterocycles. The molecule has 0 aromatic heterocycles. The van der Waals surface area contributed by atoms with Gasteiger partial charge in [0, 0.05) is 29.6 Å². The summed E-state index contributed by atoms with van der Waals surface area (Å²) in [6.45, 7) is 3.93. The van der Waals surface area contributed by atoms with Crippen molar-refractivity contribution in [3.63, 3.8) is 0 Å². The van der Waals surface area contributed by atoms with E-state index < -0.39 is 65.7 Å². The third-order valence-electron chi connectivity index (χ3n) is 16.1. The summed E-state index contributed by atoms with van der Waals surface area (Å²) in [5.41, 5.74) is 1.46. The highest BCUT2D eigenvalue weighted by Crippen LogP contribution is 2.71. The van der Waals surface area contributed by atoms with Crippen LogP contribution in [0.15, 0.2) is 34.9 Å². The summed E-state index contributed by atoms with van der Waals surface area (Å²) in [7, 11) is 0. The van der Waals surface area contributed by atoms with Crippen LogP contribution < -0.4 is 4.74 Å². The minimum absolute atomic E-state index is 0.0467. The summed E-state index contributed by atoms with van der Waals surface area (Å²) < 4.78 is 26.5. The van der Waals surface area contributed by atoms with Gasteiger partial charge in [0.05, 0.1) is 35.3 Å². The Morgan fingerprint density at radius 1 is 1.02 bits per heavy atom. The van der Waals surface area contributed by atoms with Crippen molar-refractivity contribution in [2.24, 2.45) is 34.5 Å². The molecule has 58 heavy (non-hydrogen) atoms. The molecule has 0 unspecified atom stereocenters. The van der Waals surface area contributed by atoms with Gasteiger partial charge in [-0.05, 0) is 130 Å². The van der Waals surface area contributed by atoms with Gasteiger partial charge in [0.15, 0.2) is 5.78 Å². The van der Waals surface area contributed by atoms with E-state index in [2.05, 4.69) is 6.08 Å². The maximum absolute atomic E-state index is 12.7. The predicted molar refractivity (Wildman–Crippen MR) is 207 cm³/mol. The van der Waals surface area contributed by atoms with E-state index >= 15 is 0 Å². The molecule has 2 aromatic rings. The van der Waals surface area contributed by atoms with Crippen LogP contribution in [0.25, 0.3) is 10.8 Å². The minimum atomic E-state index is -1.78. The molecule has 7 N–H and O–H groups in total. The first-order valence-corrected chi connectivity index (χ1v) is 21.2. The summed E-state index contributed by atoms with van der Waals surface area (Å²) >= 11 is 0. The van der Waals surface area contributed by atoms with Gasteiger partial charge >= 0.3 is 5.97 Å². The number of aromatic hydroxyl groups is 2. The molecule has 2 spiro atoms. The fraction of sp³-hybridized carbons (Fsp3) is 0.644. The van der Waals surface area contributed by atoms with Crippen molar-refractivity contribution in [1.29, 1.82) is 0 Å². The number of aromatic carboxylic acids is 1. The van der Waals surface area contributed by atoms with Crippen LogP contribution in [0.2, 0.25) is 0 Å². The number of aliphatic hydroxyl groups is 4. The number of rotatable bonds is 6. The number of carboxylic acid groups (broad SMARTS) is 1. The molecule has 4 aliphatic carbocycles. The van der Waals surface area contributed by atoms with E-state index in [0.717, 1.165) is 43.4 Å². The van der Waals surface area contributed by atoms with Crippen LogP contribution in [0.4, 0.5) is 0 Å². The number of ketones is 1. The van der Waals surface area contributed by atoms with Gasteiger partial charge in [-0.2, -0.15) is 0 Å². The van der Waals surface area contributed by atoms with Crippen molar-refractivity contribution >= 4 is 22.5 Å². The first-order valence-electron chi connectivity index (χ1n) is 21.2. The Morgan fingerprint density at radius 2 is 1.79 bits per heavy atom. The second-order valence-electron chi connectivity index (χ2n) is 18.9. The molecule has 13 nitrogen and oxygen atoms in total. The van der Waals surface area contributed by atoms with Gasteiger partial charge in [0.2, 0.25) is 6.29 Å². The number of benzene rings is 2. The molecule has 8 aliphatic rings. The van der Waals surface area contributed by atoms with Crippen LogP contribution in [0, 0.1) is 41.4 Å². The number of ether oxygens (including phenoxy) is 4. The monoisotopic (exact) mass is 802 g/mol. The Bertz CT molecular complexity index is 2150. The minimum Gasteiger partial charge on any atom is -0.507 e. The van der Waals surface area contributed by atoms with Crippen LogP contribution in [-0.2, 0) is 14.2 Å². The standard InChI is InChI=1S/C45H54O13/c1-20-32(21(2)47)37(50)34-25(36(20)49)13-22(41(53)54)14-31(34)56-42-38(51)39(52)45-17-26-27-16-43(9-3-4-10-43)15-23-18-55-19-44(11-12-46,35(23)27)28-6-5-24(33(26)28)30(58-45)8-7-29(48)40(45)57-42/h6,13-14,23,26-27,29-30,35,38-40,42,46,48-52H,3-5,7-12,15-19H2,1-2H3,(H,53,54)/t23-,26-,27-,29+,30-,35+,38-,39-,40-,42+,44+,45+/m1/s1. The molecule has 4 aliphatic heterocycles. The van der Waals surface area contributed by atoms with Gasteiger partial charge in [-0.25, -0.2) is 4.79 Å². The Morgan fingerprint density at radius 3 is 2.52 bits per heavy atom. The fourth-order valence-electron chi connectivity index (χ4n) is 14.0. The van der Waals surface area contributed by atoms with Crippen LogP contribution in [0.1, 0.15) is 104 Å². The van der Waals surface area contributed by atoms with Gasteiger partial charge in [-0.1, -0.05) is 18.9 Å². The molecule has 2 bridgehead atoms. The second-order valence-corrected chi connectivity index (χ2v) is 18.9. The van der Waals surface area contributed by atoms with E-state index in [1.807, 2.05) is 0 Å². The maximum atomic E-state index is 12.7. The Kier molecular flexibility index (Phi) is 8.97. The Labute approximate surface area is 336 Å². The fourth-order valence-corrected chi connectivity index (χ4v) is 14.0. The lowest BCUT2D eigenvalue weighted by Gasteiger charge is -2.64. The summed E-state index contributed by atoms with van der Waals surface area (Å²) in [4.78, 5) is 25.0. The van der Waals surface area contributed by atoms with Gasteiger partial charge in [0.25, 0.3) is 0 Å². The highest BCUT2D eigenvalue weighted by molar-refractivity contribution is 6.11. The van der Waals surface area contributed by atoms with Gasteiger partial charge in [0.1, 0.15) is 41.2 Å². The largest absolute Gasteiger partial charge is 0.507 e. The summed E-state index contributed by atoms with van der Waals surface area (Å²) in [6, 6.07) is 2.26. The highest BCUT2D eigenvalue weighted by atomic mass is 16.7. The lowest BCUT2D eigenvalue weighted by Crippen LogP contribution is -2.71. The Balaban J connectivity index is 1.07. The molecule has 6 fully saturated rings. The van der Waals surface area contributed by atoms with E-state index in [0.29, 0.717) is 38.4 Å². The van der Waals surface area contributed by atoms with Crippen LogP contribution in [0.3, 0.4) is 0 Å². The lowest BCUT2D eigenvalue weighted by atomic mass is 9.43. The molecule has 13 heteroatoms. The van der Waals surface area contributed by atoms with Gasteiger partial charge in [-0.15, -0.1) is 0 Å². The molecule has 0 radical (unpaired) electrons. The summed E-state index contributed by atoms with van der Waals surface area (Å²) in [5, 5.41) is 79.7. The molecular weight excluding hydrogens is 748 g/mol. The highest BCUT2D eigenvalue weighted by Gasteiger charge is 2.69. The SMILES string of the molecule is CC(=O)c1c(C)c(O)c2cc(C(=O)O)cc(O[C@H]3O[C@@H]4[C@@H](O)CC[C@H]5O[C@@]4(C[C@H]4C6=C5CC=C6[C@]5(CCO)COC[C@H]6CC7(CCCC7)C[C@H]4[C@H]65)[C@H](O)[C@H]3O)c2c1O. The topological polar surface area (TPSA) is 213 Å².